The van der Waals surface area contributed by atoms with E-state index in [1.54, 1.807) is 19.1 Å². The molecule has 104 valence electrons. The maximum atomic E-state index is 11.1. The van der Waals surface area contributed by atoms with E-state index in [9.17, 15) is 4.79 Å². The molecule has 20 heavy (non-hydrogen) atoms. The number of aryl methyl sites for hydroxylation is 1. The number of rotatable bonds is 4. The molecule has 1 aromatic carbocycles. The van der Waals surface area contributed by atoms with Gasteiger partial charge in [-0.25, -0.2) is 4.79 Å². The number of nitrogens with zero attached hydrogens (tertiary/aromatic N) is 2. The van der Waals surface area contributed by atoms with Crippen LogP contribution in [-0.2, 0) is 6.42 Å². The highest BCUT2D eigenvalue weighted by Crippen LogP contribution is 2.24. The van der Waals surface area contributed by atoms with Crippen LogP contribution in [0.15, 0.2) is 25.9 Å². The number of benzene rings is 1. The van der Waals surface area contributed by atoms with Gasteiger partial charge in [-0.3, -0.25) is 4.98 Å². The first-order chi connectivity index (χ1) is 9.61. The lowest BCUT2D eigenvalue weighted by Gasteiger charge is -2.07. The predicted molar refractivity (Wildman–Crippen MR) is 72.5 cm³/mol. The fourth-order valence-electron chi connectivity index (χ4n) is 1.91. The number of nitrogens with one attached hydrogen (secondary N) is 2. The molecule has 3 rings (SSSR count). The second-order valence-electron chi connectivity index (χ2n) is 4.36. The number of anilines is 2. The second kappa shape index (κ2) is 4.72. The molecule has 0 spiro atoms. The molecule has 0 unspecified atom stereocenters. The summed E-state index contributed by atoms with van der Waals surface area (Å²) in [6, 6.07) is 3.33. The second-order valence-corrected chi connectivity index (χ2v) is 4.36. The molecule has 0 saturated carbocycles. The zero-order chi connectivity index (χ0) is 14.1. The lowest BCUT2D eigenvalue weighted by atomic mass is 10.2. The maximum absolute atomic E-state index is 11.1. The Bertz CT molecular complexity index is 801. The average Bonchev–Trinajstić information content (AvgIpc) is 2.95. The number of nitrogen functional groups attached to an aromatic ring is 1. The Hall–Kier alpha value is -2.77. The topological polar surface area (TPSA) is 123 Å². The molecule has 2 heterocycles. The first kappa shape index (κ1) is 12.3. The van der Waals surface area contributed by atoms with Gasteiger partial charge in [0.15, 0.2) is 11.4 Å². The Labute approximate surface area is 113 Å². The number of H-pyrrole nitrogens is 1. The molecule has 0 aliphatic carbocycles. The van der Waals surface area contributed by atoms with Crippen molar-refractivity contribution in [2.75, 3.05) is 17.6 Å². The third kappa shape index (κ3) is 2.35. The number of fused-ring (bicyclic) bond motifs is 1. The van der Waals surface area contributed by atoms with E-state index in [1.807, 2.05) is 0 Å². The Morgan fingerprint density at radius 3 is 3.05 bits per heavy atom. The van der Waals surface area contributed by atoms with Crippen LogP contribution >= 0.6 is 0 Å². The predicted octanol–water partition coefficient (Wildman–Crippen LogP) is 1.05. The standard InChI is InChI=1S/C12H13N5O3/c1-6-15-11(20-17-6)2-3-14-8-5-9-10(4-7(8)13)19-12(18)16-9/h4-5,14H,2-3,13H2,1H3,(H,16,18). The zero-order valence-corrected chi connectivity index (χ0v) is 10.8. The normalized spacial score (nSPS) is 11.1. The molecule has 4 N–H and O–H groups in total. The van der Waals surface area contributed by atoms with Crippen LogP contribution in [-0.4, -0.2) is 21.7 Å². The van der Waals surface area contributed by atoms with Gasteiger partial charge in [0.25, 0.3) is 0 Å². The molecule has 0 saturated heterocycles. The molecule has 0 fully saturated rings. The summed E-state index contributed by atoms with van der Waals surface area (Å²) >= 11 is 0. The third-order valence-electron chi connectivity index (χ3n) is 2.82. The van der Waals surface area contributed by atoms with Gasteiger partial charge in [0.1, 0.15) is 0 Å². The molecular weight excluding hydrogens is 262 g/mol. The van der Waals surface area contributed by atoms with Crippen molar-refractivity contribution in [1.29, 1.82) is 0 Å². The van der Waals surface area contributed by atoms with Crippen LogP contribution in [0.1, 0.15) is 11.7 Å². The first-order valence-corrected chi connectivity index (χ1v) is 6.07. The number of hydrogen-bond donors (Lipinski definition) is 3. The fraction of sp³-hybridized carbons (Fsp3) is 0.250. The minimum absolute atomic E-state index is 0.436. The van der Waals surface area contributed by atoms with Gasteiger partial charge in [0.05, 0.1) is 16.9 Å². The molecule has 0 radical (unpaired) electrons. The summed E-state index contributed by atoms with van der Waals surface area (Å²) in [6.45, 7) is 2.35. The molecule has 0 amide bonds. The minimum Gasteiger partial charge on any atom is -0.408 e. The monoisotopic (exact) mass is 275 g/mol. The lowest BCUT2D eigenvalue weighted by molar-refractivity contribution is 0.377. The summed E-state index contributed by atoms with van der Waals surface area (Å²) in [4.78, 5) is 17.8. The molecule has 0 aliphatic rings. The van der Waals surface area contributed by atoms with Crippen molar-refractivity contribution < 1.29 is 8.94 Å². The van der Waals surface area contributed by atoms with Crippen molar-refractivity contribution in [1.82, 2.24) is 15.1 Å². The van der Waals surface area contributed by atoms with Gasteiger partial charge in [-0.05, 0) is 13.0 Å². The average molecular weight is 275 g/mol. The SMILES string of the molecule is Cc1noc(CCNc2cc3[nH]c(=O)oc3cc2N)n1. The zero-order valence-electron chi connectivity index (χ0n) is 10.8. The minimum atomic E-state index is -0.502. The van der Waals surface area contributed by atoms with Crippen LogP contribution in [0, 0.1) is 6.92 Å². The summed E-state index contributed by atoms with van der Waals surface area (Å²) in [5.74, 6) is 0.668. The van der Waals surface area contributed by atoms with E-state index in [1.165, 1.54) is 0 Å². The van der Waals surface area contributed by atoms with Crippen molar-refractivity contribution >= 4 is 22.5 Å². The van der Waals surface area contributed by atoms with Gasteiger partial charge < -0.3 is 20.0 Å². The van der Waals surface area contributed by atoms with E-state index >= 15 is 0 Å². The highest BCUT2D eigenvalue weighted by Gasteiger charge is 2.07. The van der Waals surface area contributed by atoms with E-state index in [-0.39, 0.29) is 0 Å². The molecule has 2 aromatic heterocycles. The highest BCUT2D eigenvalue weighted by molar-refractivity contribution is 5.85. The van der Waals surface area contributed by atoms with Crippen LogP contribution in [0.5, 0.6) is 0 Å². The van der Waals surface area contributed by atoms with Crippen LogP contribution in [0.3, 0.4) is 0 Å². The smallest absolute Gasteiger partial charge is 0.408 e. The van der Waals surface area contributed by atoms with Crippen LogP contribution in [0.25, 0.3) is 11.1 Å². The maximum Gasteiger partial charge on any atom is 0.417 e. The van der Waals surface area contributed by atoms with E-state index in [0.717, 1.165) is 0 Å². The van der Waals surface area contributed by atoms with Crippen molar-refractivity contribution in [3.8, 4) is 0 Å². The fourth-order valence-corrected chi connectivity index (χ4v) is 1.91. The Morgan fingerprint density at radius 2 is 2.30 bits per heavy atom. The van der Waals surface area contributed by atoms with Crippen LogP contribution < -0.4 is 16.8 Å². The van der Waals surface area contributed by atoms with Crippen molar-refractivity contribution in [3.63, 3.8) is 0 Å². The summed E-state index contributed by atoms with van der Waals surface area (Å²) in [5, 5.41) is 6.87. The molecule has 0 aliphatic heterocycles. The largest absolute Gasteiger partial charge is 0.417 e. The first-order valence-electron chi connectivity index (χ1n) is 6.07. The van der Waals surface area contributed by atoms with Gasteiger partial charge in [0.2, 0.25) is 5.89 Å². The van der Waals surface area contributed by atoms with E-state index < -0.39 is 5.76 Å². The lowest BCUT2D eigenvalue weighted by Crippen LogP contribution is -2.07. The number of nitrogens with two attached hydrogens (primary N) is 1. The Morgan fingerprint density at radius 1 is 1.45 bits per heavy atom. The molecule has 3 aromatic rings. The number of aromatic amines is 1. The quantitative estimate of drug-likeness (QED) is 0.608. The van der Waals surface area contributed by atoms with Gasteiger partial charge in [-0.2, -0.15) is 4.98 Å². The molecule has 8 nitrogen and oxygen atoms in total. The number of hydrogen-bond acceptors (Lipinski definition) is 7. The van der Waals surface area contributed by atoms with Crippen LogP contribution in [0.2, 0.25) is 0 Å². The van der Waals surface area contributed by atoms with Gasteiger partial charge in [0, 0.05) is 19.0 Å². The Balaban J connectivity index is 1.73. The number of aromatic nitrogens is 3. The highest BCUT2D eigenvalue weighted by atomic mass is 16.5. The molecular formula is C12H13N5O3. The summed E-state index contributed by atoms with van der Waals surface area (Å²) < 4.78 is 9.94. The molecule has 0 atom stereocenters. The summed E-state index contributed by atoms with van der Waals surface area (Å²) in [5.41, 5.74) is 8.14. The Kier molecular flexibility index (Phi) is 2.90. The van der Waals surface area contributed by atoms with Crippen LogP contribution in [0.4, 0.5) is 11.4 Å². The third-order valence-corrected chi connectivity index (χ3v) is 2.82. The van der Waals surface area contributed by atoms with Crippen molar-refractivity contribution in [2.45, 2.75) is 13.3 Å². The summed E-state index contributed by atoms with van der Waals surface area (Å²) in [7, 11) is 0. The van der Waals surface area contributed by atoms with Crippen molar-refractivity contribution in [3.05, 3.63) is 34.4 Å². The van der Waals surface area contributed by atoms with Crippen molar-refractivity contribution in [2.24, 2.45) is 0 Å². The van der Waals surface area contributed by atoms with E-state index in [2.05, 4.69) is 20.4 Å². The van der Waals surface area contributed by atoms with E-state index in [4.69, 9.17) is 14.7 Å². The van der Waals surface area contributed by atoms with E-state index in [0.29, 0.717) is 47.2 Å². The summed E-state index contributed by atoms with van der Waals surface area (Å²) in [6.07, 6.45) is 0.584. The van der Waals surface area contributed by atoms with Gasteiger partial charge >= 0.3 is 5.76 Å². The number of oxazole rings is 1. The molecule has 8 heteroatoms. The van der Waals surface area contributed by atoms with Gasteiger partial charge in [-0.1, -0.05) is 5.16 Å². The molecule has 0 bridgehead atoms. The van der Waals surface area contributed by atoms with Gasteiger partial charge in [-0.15, -0.1) is 0 Å².